The van der Waals surface area contributed by atoms with Gasteiger partial charge in [0.2, 0.25) is 0 Å². The molecule has 0 aromatic rings. The summed E-state index contributed by atoms with van der Waals surface area (Å²) in [4.78, 5) is 0. The Bertz CT molecular complexity index is 217. The molecule has 1 unspecified atom stereocenters. The Morgan fingerprint density at radius 1 is 1.55 bits per heavy atom. The van der Waals surface area contributed by atoms with Gasteiger partial charge < -0.3 is 5.73 Å². The highest BCUT2D eigenvalue weighted by molar-refractivity contribution is 7.93. The minimum atomic E-state index is -1.80. The van der Waals surface area contributed by atoms with Crippen molar-refractivity contribution in [1.29, 1.82) is 0 Å². The SMILES string of the molecule is CC(N)CN=S1(=O)CCCC1. The molecule has 1 rings (SSSR count). The van der Waals surface area contributed by atoms with Crippen LogP contribution in [0.4, 0.5) is 0 Å². The van der Waals surface area contributed by atoms with E-state index in [-0.39, 0.29) is 6.04 Å². The van der Waals surface area contributed by atoms with Crippen molar-refractivity contribution in [1.82, 2.24) is 0 Å². The van der Waals surface area contributed by atoms with Crippen molar-refractivity contribution in [3.05, 3.63) is 0 Å². The quantitative estimate of drug-likeness (QED) is 0.669. The molecular weight excluding hydrogens is 160 g/mol. The van der Waals surface area contributed by atoms with Crippen molar-refractivity contribution < 1.29 is 4.21 Å². The average molecular weight is 176 g/mol. The molecule has 1 aliphatic heterocycles. The Kier molecular flexibility index (Phi) is 2.90. The van der Waals surface area contributed by atoms with Crippen molar-refractivity contribution in [3.8, 4) is 0 Å². The zero-order valence-electron chi connectivity index (χ0n) is 6.95. The molecule has 1 heterocycles. The van der Waals surface area contributed by atoms with Gasteiger partial charge in [0.1, 0.15) is 0 Å². The maximum atomic E-state index is 11.7. The monoisotopic (exact) mass is 176 g/mol. The van der Waals surface area contributed by atoms with Gasteiger partial charge in [-0.2, -0.15) is 0 Å². The van der Waals surface area contributed by atoms with Gasteiger partial charge in [0.25, 0.3) is 0 Å². The third kappa shape index (κ3) is 2.79. The minimum absolute atomic E-state index is 0.0499. The van der Waals surface area contributed by atoms with Crippen molar-refractivity contribution in [2.75, 3.05) is 18.1 Å². The highest BCUT2D eigenvalue weighted by Crippen LogP contribution is 2.12. The van der Waals surface area contributed by atoms with Crippen molar-refractivity contribution >= 4 is 9.73 Å². The summed E-state index contributed by atoms with van der Waals surface area (Å²) in [5, 5.41) is 0. The molecule has 1 fully saturated rings. The largest absolute Gasteiger partial charge is 0.326 e. The van der Waals surface area contributed by atoms with Crippen molar-refractivity contribution in [2.24, 2.45) is 10.1 Å². The third-order valence-electron chi connectivity index (χ3n) is 1.77. The van der Waals surface area contributed by atoms with Crippen molar-refractivity contribution in [2.45, 2.75) is 25.8 Å². The predicted molar refractivity (Wildman–Crippen MR) is 48.1 cm³/mol. The molecule has 0 aliphatic carbocycles. The minimum Gasteiger partial charge on any atom is -0.326 e. The van der Waals surface area contributed by atoms with E-state index in [9.17, 15) is 4.21 Å². The summed E-state index contributed by atoms with van der Waals surface area (Å²) in [5.74, 6) is 1.58. The Labute approximate surface area is 68.5 Å². The van der Waals surface area contributed by atoms with Gasteiger partial charge in [0.15, 0.2) is 0 Å². The van der Waals surface area contributed by atoms with E-state index in [0.29, 0.717) is 6.54 Å². The Balaban J connectivity index is 2.56. The maximum Gasteiger partial charge on any atom is 0.0632 e. The van der Waals surface area contributed by atoms with Gasteiger partial charge in [-0.15, -0.1) is 0 Å². The fourth-order valence-electron chi connectivity index (χ4n) is 1.14. The smallest absolute Gasteiger partial charge is 0.0632 e. The van der Waals surface area contributed by atoms with E-state index >= 15 is 0 Å². The van der Waals surface area contributed by atoms with E-state index in [1.807, 2.05) is 6.92 Å². The summed E-state index contributed by atoms with van der Waals surface area (Å²) in [6, 6.07) is 0.0499. The molecule has 0 spiro atoms. The van der Waals surface area contributed by atoms with E-state index < -0.39 is 9.73 Å². The fourth-order valence-corrected chi connectivity index (χ4v) is 3.42. The number of nitrogens with two attached hydrogens (primary N) is 1. The molecule has 1 aliphatic rings. The molecule has 0 saturated carbocycles. The summed E-state index contributed by atoms with van der Waals surface area (Å²) in [6.45, 7) is 2.44. The lowest BCUT2D eigenvalue weighted by atomic mass is 10.4. The normalized spacial score (nSPS) is 24.9. The molecule has 0 aromatic heterocycles. The second kappa shape index (κ2) is 3.54. The van der Waals surface area contributed by atoms with E-state index in [0.717, 1.165) is 24.3 Å². The van der Waals surface area contributed by atoms with Gasteiger partial charge in [-0.1, -0.05) is 0 Å². The Hall–Kier alpha value is -0.0900. The van der Waals surface area contributed by atoms with Crippen LogP contribution >= 0.6 is 0 Å². The highest BCUT2D eigenvalue weighted by Gasteiger charge is 2.15. The molecule has 0 radical (unpaired) electrons. The molecule has 0 amide bonds. The topological polar surface area (TPSA) is 55.4 Å². The van der Waals surface area contributed by atoms with Crippen LogP contribution in [-0.2, 0) is 9.73 Å². The number of rotatable bonds is 2. The van der Waals surface area contributed by atoms with Gasteiger partial charge in [-0.25, -0.2) is 8.57 Å². The van der Waals surface area contributed by atoms with Crippen LogP contribution in [-0.4, -0.2) is 28.3 Å². The summed E-state index contributed by atoms with van der Waals surface area (Å²) >= 11 is 0. The lowest BCUT2D eigenvalue weighted by Gasteiger charge is -2.02. The Morgan fingerprint density at radius 2 is 2.09 bits per heavy atom. The van der Waals surface area contributed by atoms with Crippen molar-refractivity contribution in [3.63, 3.8) is 0 Å². The number of nitrogens with zero attached hydrogens (tertiary/aromatic N) is 1. The molecule has 0 aromatic carbocycles. The zero-order chi connectivity index (χ0) is 8.32. The van der Waals surface area contributed by atoms with Crippen LogP contribution < -0.4 is 5.73 Å². The van der Waals surface area contributed by atoms with E-state index in [4.69, 9.17) is 5.73 Å². The van der Waals surface area contributed by atoms with Gasteiger partial charge in [0, 0.05) is 27.3 Å². The summed E-state index contributed by atoms with van der Waals surface area (Å²) in [7, 11) is -1.80. The van der Waals surface area contributed by atoms with Crippen LogP contribution in [0.15, 0.2) is 4.36 Å². The van der Waals surface area contributed by atoms with Crippen LogP contribution in [0.1, 0.15) is 19.8 Å². The standard InChI is InChI=1S/C7H16N2OS/c1-7(8)6-9-11(10)4-2-3-5-11/h7H,2-6,8H2,1H3. The molecule has 3 nitrogen and oxygen atoms in total. The van der Waals surface area contributed by atoms with E-state index in [1.54, 1.807) is 0 Å². The Morgan fingerprint density at radius 3 is 2.55 bits per heavy atom. The number of hydrogen-bond donors (Lipinski definition) is 1. The molecule has 1 atom stereocenters. The van der Waals surface area contributed by atoms with Crippen LogP contribution in [0.2, 0.25) is 0 Å². The van der Waals surface area contributed by atoms with Crippen LogP contribution in [0.3, 0.4) is 0 Å². The molecule has 2 N–H and O–H groups in total. The van der Waals surface area contributed by atoms with Crippen LogP contribution in [0.25, 0.3) is 0 Å². The summed E-state index contributed by atoms with van der Waals surface area (Å²) in [5.41, 5.74) is 5.51. The summed E-state index contributed by atoms with van der Waals surface area (Å²) in [6.07, 6.45) is 2.14. The van der Waals surface area contributed by atoms with Gasteiger partial charge in [0.05, 0.1) is 6.54 Å². The third-order valence-corrected chi connectivity index (χ3v) is 4.25. The average Bonchev–Trinajstić information content (AvgIpc) is 2.33. The molecule has 4 heteroatoms. The van der Waals surface area contributed by atoms with E-state index in [1.165, 1.54) is 0 Å². The lowest BCUT2D eigenvalue weighted by Crippen LogP contribution is -2.19. The fraction of sp³-hybridized carbons (Fsp3) is 1.00. The lowest BCUT2D eigenvalue weighted by molar-refractivity contribution is 0.674. The first-order chi connectivity index (χ1) is 5.12. The van der Waals surface area contributed by atoms with Gasteiger partial charge in [-0.05, 0) is 19.8 Å². The highest BCUT2D eigenvalue weighted by atomic mass is 32.2. The molecule has 66 valence electrons. The molecular formula is C7H16N2OS. The maximum absolute atomic E-state index is 11.7. The first-order valence-corrected chi connectivity index (χ1v) is 5.91. The summed E-state index contributed by atoms with van der Waals surface area (Å²) < 4.78 is 15.8. The molecule has 0 bridgehead atoms. The molecule has 11 heavy (non-hydrogen) atoms. The van der Waals surface area contributed by atoms with Gasteiger partial charge >= 0.3 is 0 Å². The number of hydrogen-bond acceptors (Lipinski definition) is 3. The molecule has 1 saturated heterocycles. The van der Waals surface area contributed by atoms with E-state index in [2.05, 4.69) is 4.36 Å². The first-order valence-electron chi connectivity index (χ1n) is 4.06. The second-order valence-corrected chi connectivity index (χ2v) is 5.80. The van der Waals surface area contributed by atoms with Gasteiger partial charge in [-0.3, -0.25) is 0 Å². The second-order valence-electron chi connectivity index (χ2n) is 3.18. The zero-order valence-corrected chi connectivity index (χ0v) is 7.77. The van der Waals surface area contributed by atoms with Crippen LogP contribution in [0, 0.1) is 0 Å². The first kappa shape index (κ1) is 9.00. The van der Waals surface area contributed by atoms with Crippen LogP contribution in [0.5, 0.6) is 0 Å². The predicted octanol–water partition coefficient (Wildman–Crippen LogP) is 0.595.